The van der Waals surface area contributed by atoms with Crippen molar-refractivity contribution in [2.75, 3.05) is 19.6 Å². The summed E-state index contributed by atoms with van der Waals surface area (Å²) in [5, 5.41) is 3.89. The first kappa shape index (κ1) is 13.8. The Bertz CT molecular complexity index is 640. The van der Waals surface area contributed by atoms with Crippen molar-refractivity contribution in [2.24, 2.45) is 11.1 Å². The minimum absolute atomic E-state index is 0.00727. The van der Waals surface area contributed by atoms with Crippen molar-refractivity contribution < 1.29 is 9.32 Å². The van der Waals surface area contributed by atoms with E-state index in [0.717, 1.165) is 12.0 Å². The maximum absolute atomic E-state index is 12.4. The van der Waals surface area contributed by atoms with Gasteiger partial charge < -0.3 is 15.2 Å². The van der Waals surface area contributed by atoms with E-state index in [0.29, 0.717) is 31.1 Å². The van der Waals surface area contributed by atoms with Gasteiger partial charge in [-0.05, 0) is 30.5 Å². The highest BCUT2D eigenvalue weighted by atomic mass is 16.5. The first-order valence-electron chi connectivity index (χ1n) is 6.98. The molecule has 1 aliphatic heterocycles. The molecule has 6 heteroatoms. The van der Waals surface area contributed by atoms with Gasteiger partial charge in [-0.25, -0.2) is 0 Å². The second kappa shape index (κ2) is 5.29. The lowest BCUT2D eigenvalue weighted by Crippen LogP contribution is -2.34. The van der Waals surface area contributed by atoms with Gasteiger partial charge in [-0.15, -0.1) is 0 Å². The van der Waals surface area contributed by atoms with Gasteiger partial charge in [-0.1, -0.05) is 12.1 Å². The fraction of sp³-hybridized carbons (Fsp3) is 0.400. The first-order chi connectivity index (χ1) is 10.1. The minimum Gasteiger partial charge on any atom is -0.355 e. The maximum atomic E-state index is 12.4. The zero-order valence-electron chi connectivity index (χ0n) is 12.0. The van der Waals surface area contributed by atoms with E-state index in [-0.39, 0.29) is 11.3 Å². The first-order valence-corrected chi connectivity index (χ1v) is 6.98. The van der Waals surface area contributed by atoms with E-state index in [1.807, 2.05) is 12.1 Å². The number of amides is 1. The van der Waals surface area contributed by atoms with Gasteiger partial charge in [0.25, 0.3) is 5.91 Å². The van der Waals surface area contributed by atoms with Crippen molar-refractivity contribution in [2.45, 2.75) is 13.3 Å². The Morgan fingerprint density at radius 3 is 2.90 bits per heavy atom. The van der Waals surface area contributed by atoms with Gasteiger partial charge in [0.1, 0.15) is 0 Å². The molecule has 6 nitrogen and oxygen atoms in total. The Balaban J connectivity index is 1.77. The van der Waals surface area contributed by atoms with Crippen LogP contribution in [0.4, 0.5) is 0 Å². The molecule has 3 rings (SSSR count). The fourth-order valence-corrected chi connectivity index (χ4v) is 2.55. The van der Waals surface area contributed by atoms with E-state index in [1.54, 1.807) is 23.4 Å². The zero-order chi connectivity index (χ0) is 14.9. The van der Waals surface area contributed by atoms with Crippen molar-refractivity contribution in [3.63, 3.8) is 0 Å². The summed E-state index contributed by atoms with van der Waals surface area (Å²) < 4.78 is 5.26. The van der Waals surface area contributed by atoms with Crippen LogP contribution in [0.1, 0.15) is 23.8 Å². The molecule has 0 bridgehead atoms. The summed E-state index contributed by atoms with van der Waals surface area (Å²) in [6.07, 6.45) is 4.27. The van der Waals surface area contributed by atoms with Gasteiger partial charge >= 0.3 is 0 Å². The van der Waals surface area contributed by atoms with Gasteiger partial charge in [0.15, 0.2) is 11.5 Å². The molecule has 110 valence electrons. The van der Waals surface area contributed by atoms with E-state index >= 15 is 0 Å². The van der Waals surface area contributed by atoms with Crippen molar-refractivity contribution in [3.8, 4) is 11.3 Å². The summed E-state index contributed by atoms with van der Waals surface area (Å²) in [5.74, 6) is 0.470. The molecular formula is C15H18N4O2. The van der Waals surface area contributed by atoms with Crippen LogP contribution in [0, 0.1) is 5.41 Å². The van der Waals surface area contributed by atoms with E-state index in [2.05, 4.69) is 17.1 Å². The normalized spacial score (nSPS) is 21.7. The number of nitrogens with zero attached hydrogens (tertiary/aromatic N) is 3. The van der Waals surface area contributed by atoms with Gasteiger partial charge in [-0.3, -0.25) is 9.78 Å². The molecule has 3 heterocycles. The van der Waals surface area contributed by atoms with Crippen LogP contribution in [-0.2, 0) is 0 Å². The smallest absolute Gasteiger partial charge is 0.276 e. The van der Waals surface area contributed by atoms with Gasteiger partial charge in [-0.2, -0.15) is 0 Å². The molecule has 1 atom stereocenters. The lowest BCUT2D eigenvalue weighted by molar-refractivity contribution is 0.0766. The number of hydrogen-bond acceptors (Lipinski definition) is 5. The third-order valence-corrected chi connectivity index (χ3v) is 4.03. The zero-order valence-corrected chi connectivity index (χ0v) is 12.0. The molecule has 21 heavy (non-hydrogen) atoms. The van der Waals surface area contributed by atoms with Crippen LogP contribution >= 0.6 is 0 Å². The SMILES string of the molecule is CC1(CN)CCN(C(=O)c2cc(-c3ccncc3)on2)C1. The predicted molar refractivity (Wildman–Crippen MR) is 77.4 cm³/mol. The molecule has 2 N–H and O–H groups in total. The molecule has 0 spiro atoms. The van der Waals surface area contributed by atoms with E-state index < -0.39 is 0 Å². The number of rotatable bonds is 3. The van der Waals surface area contributed by atoms with Crippen LogP contribution in [0.5, 0.6) is 0 Å². The number of carbonyl (C=O) groups is 1. The van der Waals surface area contributed by atoms with Crippen LogP contribution in [-0.4, -0.2) is 40.6 Å². The van der Waals surface area contributed by atoms with E-state index in [9.17, 15) is 4.79 Å². The number of hydrogen-bond donors (Lipinski definition) is 1. The molecule has 0 aromatic carbocycles. The van der Waals surface area contributed by atoms with Gasteiger partial charge in [0, 0.05) is 37.1 Å². The largest absolute Gasteiger partial charge is 0.355 e. The topological polar surface area (TPSA) is 85.2 Å². The quantitative estimate of drug-likeness (QED) is 0.925. The Hall–Kier alpha value is -2.21. The molecule has 1 saturated heterocycles. The number of aromatic nitrogens is 2. The third-order valence-electron chi connectivity index (χ3n) is 4.03. The summed E-state index contributed by atoms with van der Waals surface area (Å²) >= 11 is 0. The molecule has 0 aliphatic carbocycles. The van der Waals surface area contributed by atoms with Crippen molar-refractivity contribution >= 4 is 5.91 Å². The molecule has 2 aromatic heterocycles. The molecule has 1 unspecified atom stereocenters. The molecule has 1 amide bonds. The predicted octanol–water partition coefficient (Wildman–Crippen LogP) is 1.55. The molecule has 1 fully saturated rings. The molecule has 0 saturated carbocycles. The Labute approximate surface area is 122 Å². The molecule has 0 radical (unpaired) electrons. The number of nitrogens with two attached hydrogens (primary N) is 1. The number of pyridine rings is 1. The Morgan fingerprint density at radius 2 is 2.24 bits per heavy atom. The van der Waals surface area contributed by atoms with Crippen LogP contribution in [0.2, 0.25) is 0 Å². The highest BCUT2D eigenvalue weighted by molar-refractivity contribution is 5.93. The van der Waals surface area contributed by atoms with Gasteiger partial charge in [0.05, 0.1) is 0 Å². The van der Waals surface area contributed by atoms with E-state index in [4.69, 9.17) is 10.3 Å². The Morgan fingerprint density at radius 1 is 1.48 bits per heavy atom. The number of carbonyl (C=O) groups excluding carboxylic acids is 1. The summed E-state index contributed by atoms with van der Waals surface area (Å²) in [6.45, 7) is 4.06. The fourth-order valence-electron chi connectivity index (χ4n) is 2.55. The second-order valence-corrected chi connectivity index (χ2v) is 5.80. The molecule has 1 aliphatic rings. The highest BCUT2D eigenvalue weighted by Gasteiger charge is 2.36. The van der Waals surface area contributed by atoms with Crippen molar-refractivity contribution in [1.82, 2.24) is 15.0 Å². The highest BCUT2D eigenvalue weighted by Crippen LogP contribution is 2.30. The summed E-state index contributed by atoms with van der Waals surface area (Å²) in [5.41, 5.74) is 6.97. The Kier molecular flexibility index (Phi) is 3.47. The summed E-state index contributed by atoms with van der Waals surface area (Å²) in [6, 6.07) is 5.31. The van der Waals surface area contributed by atoms with Crippen molar-refractivity contribution in [3.05, 3.63) is 36.3 Å². The molecule has 2 aromatic rings. The van der Waals surface area contributed by atoms with Crippen LogP contribution in [0.15, 0.2) is 35.1 Å². The van der Waals surface area contributed by atoms with Crippen LogP contribution < -0.4 is 5.73 Å². The summed E-state index contributed by atoms with van der Waals surface area (Å²) in [4.78, 5) is 18.2. The van der Waals surface area contributed by atoms with Gasteiger partial charge in [0.2, 0.25) is 0 Å². The maximum Gasteiger partial charge on any atom is 0.276 e. The summed E-state index contributed by atoms with van der Waals surface area (Å²) in [7, 11) is 0. The third kappa shape index (κ3) is 2.67. The average Bonchev–Trinajstić information content (AvgIpc) is 3.15. The minimum atomic E-state index is -0.101. The standard InChI is InChI=1S/C15H18N4O2/c1-15(9-16)4-7-19(10-15)14(20)12-8-13(21-18-12)11-2-5-17-6-3-11/h2-3,5-6,8H,4,7,9-10,16H2,1H3. The van der Waals surface area contributed by atoms with Crippen molar-refractivity contribution in [1.29, 1.82) is 0 Å². The average molecular weight is 286 g/mol. The number of likely N-dealkylation sites (tertiary alicyclic amines) is 1. The monoisotopic (exact) mass is 286 g/mol. The van der Waals surface area contributed by atoms with Crippen LogP contribution in [0.3, 0.4) is 0 Å². The van der Waals surface area contributed by atoms with E-state index in [1.165, 1.54) is 0 Å². The molecular weight excluding hydrogens is 268 g/mol. The van der Waals surface area contributed by atoms with Crippen LogP contribution in [0.25, 0.3) is 11.3 Å². The second-order valence-electron chi connectivity index (χ2n) is 5.80. The lowest BCUT2D eigenvalue weighted by atomic mass is 9.90. The lowest BCUT2D eigenvalue weighted by Gasteiger charge is -2.21.